The Balaban J connectivity index is 1.86. The van der Waals surface area contributed by atoms with Gasteiger partial charge in [-0.05, 0) is 49.8 Å². The quantitative estimate of drug-likeness (QED) is 0.868. The smallest absolute Gasteiger partial charge is 0.0474 e. The summed E-state index contributed by atoms with van der Waals surface area (Å²) in [4.78, 5) is 0. The number of nitrogens with one attached hydrogen (secondary N) is 1. The molecule has 2 rings (SSSR count). The lowest BCUT2D eigenvalue weighted by atomic mass is 9.84. The van der Waals surface area contributed by atoms with Gasteiger partial charge in [-0.1, -0.05) is 40.9 Å². The Hall–Kier alpha value is -0.380. The molecule has 0 saturated heterocycles. The Labute approximate surface area is 124 Å². The normalized spacial score (nSPS) is 25.2. The van der Waals surface area contributed by atoms with Crippen LogP contribution in [0.2, 0.25) is 0 Å². The zero-order valence-electron chi connectivity index (χ0n) is 11.6. The summed E-state index contributed by atoms with van der Waals surface area (Å²) in [6.45, 7) is 2.56. The molecule has 1 aromatic carbocycles. The highest BCUT2D eigenvalue weighted by Crippen LogP contribution is 2.24. The van der Waals surface area contributed by atoms with Crippen LogP contribution >= 0.6 is 15.9 Å². The van der Waals surface area contributed by atoms with E-state index in [4.69, 9.17) is 0 Å². The Bertz CT molecular complexity index is 379. The Kier molecular flexibility index (Phi) is 5.86. The number of hydrogen-bond acceptors (Lipinski definition) is 2. The fourth-order valence-electron chi connectivity index (χ4n) is 3.04. The van der Waals surface area contributed by atoms with Gasteiger partial charge in [0.1, 0.15) is 0 Å². The van der Waals surface area contributed by atoms with Gasteiger partial charge in [-0.15, -0.1) is 0 Å². The maximum absolute atomic E-state index is 9.45. The van der Waals surface area contributed by atoms with Gasteiger partial charge in [0.05, 0.1) is 0 Å². The van der Waals surface area contributed by atoms with E-state index in [1.54, 1.807) is 0 Å². The van der Waals surface area contributed by atoms with Crippen LogP contribution in [0.3, 0.4) is 0 Å². The summed E-state index contributed by atoms with van der Waals surface area (Å²) in [5, 5.41) is 13.2. The van der Waals surface area contributed by atoms with Crippen LogP contribution in [-0.4, -0.2) is 23.8 Å². The molecule has 3 atom stereocenters. The first-order valence-electron chi connectivity index (χ1n) is 7.30. The van der Waals surface area contributed by atoms with Crippen LogP contribution in [-0.2, 0) is 6.42 Å². The van der Waals surface area contributed by atoms with Gasteiger partial charge in [0, 0.05) is 23.2 Å². The van der Waals surface area contributed by atoms with Crippen molar-refractivity contribution in [3.05, 3.63) is 34.3 Å². The fraction of sp³-hybridized carbons (Fsp3) is 0.625. The van der Waals surface area contributed by atoms with Crippen LogP contribution in [0.4, 0.5) is 0 Å². The molecule has 1 fully saturated rings. The van der Waals surface area contributed by atoms with E-state index in [9.17, 15) is 5.11 Å². The second-order valence-corrected chi connectivity index (χ2v) is 6.65. The zero-order valence-corrected chi connectivity index (χ0v) is 13.2. The molecule has 3 heteroatoms. The number of halogens is 1. The molecule has 0 spiro atoms. The van der Waals surface area contributed by atoms with Crippen molar-refractivity contribution in [2.45, 2.75) is 51.1 Å². The van der Waals surface area contributed by atoms with Gasteiger partial charge >= 0.3 is 0 Å². The summed E-state index contributed by atoms with van der Waals surface area (Å²) >= 11 is 3.47. The fourth-order valence-corrected chi connectivity index (χ4v) is 3.31. The van der Waals surface area contributed by atoms with Crippen molar-refractivity contribution >= 4 is 15.9 Å². The molecular weight excluding hydrogens is 302 g/mol. The van der Waals surface area contributed by atoms with Gasteiger partial charge in [-0.2, -0.15) is 0 Å². The Morgan fingerprint density at radius 1 is 1.26 bits per heavy atom. The summed E-state index contributed by atoms with van der Waals surface area (Å²) in [5.74, 6) is 0.445. The second kappa shape index (κ2) is 7.41. The third-order valence-corrected chi connectivity index (χ3v) is 4.63. The zero-order chi connectivity index (χ0) is 13.7. The second-order valence-electron chi connectivity index (χ2n) is 5.73. The predicted octanol–water partition coefficient (Wildman–Crippen LogP) is 3.52. The lowest BCUT2D eigenvalue weighted by molar-refractivity contribution is 0.147. The molecule has 106 valence electrons. The minimum Gasteiger partial charge on any atom is -0.396 e. The van der Waals surface area contributed by atoms with Crippen LogP contribution in [0.25, 0.3) is 0 Å². The van der Waals surface area contributed by atoms with Crippen molar-refractivity contribution in [3.8, 4) is 0 Å². The van der Waals surface area contributed by atoms with Crippen molar-refractivity contribution in [1.82, 2.24) is 5.32 Å². The lowest BCUT2D eigenvalue weighted by Crippen LogP contribution is -2.45. The summed E-state index contributed by atoms with van der Waals surface area (Å²) in [7, 11) is 0. The van der Waals surface area contributed by atoms with E-state index in [-0.39, 0.29) is 0 Å². The van der Waals surface area contributed by atoms with Crippen LogP contribution in [0.15, 0.2) is 28.7 Å². The maximum atomic E-state index is 9.45. The van der Waals surface area contributed by atoms with Crippen LogP contribution in [0, 0.1) is 5.92 Å². The minimum absolute atomic E-state index is 0.322. The average molecular weight is 326 g/mol. The number of aliphatic hydroxyl groups is 1. The Morgan fingerprint density at radius 2 is 1.95 bits per heavy atom. The van der Waals surface area contributed by atoms with Gasteiger partial charge in [0.2, 0.25) is 0 Å². The van der Waals surface area contributed by atoms with Crippen LogP contribution in [0.1, 0.15) is 38.2 Å². The molecule has 3 unspecified atom stereocenters. The van der Waals surface area contributed by atoms with Gasteiger partial charge in [0.25, 0.3) is 0 Å². The van der Waals surface area contributed by atoms with E-state index in [0.717, 1.165) is 10.9 Å². The van der Waals surface area contributed by atoms with Crippen molar-refractivity contribution in [3.63, 3.8) is 0 Å². The minimum atomic E-state index is 0.322. The van der Waals surface area contributed by atoms with Crippen LogP contribution in [0.5, 0.6) is 0 Å². The molecule has 2 nitrogen and oxygen atoms in total. The first kappa shape index (κ1) is 15.0. The molecule has 0 aromatic heterocycles. The molecule has 2 N–H and O–H groups in total. The van der Waals surface area contributed by atoms with Crippen LogP contribution < -0.4 is 5.32 Å². The highest BCUT2D eigenvalue weighted by molar-refractivity contribution is 9.10. The molecule has 19 heavy (non-hydrogen) atoms. The summed E-state index contributed by atoms with van der Waals surface area (Å²) < 4.78 is 1.13. The number of benzene rings is 1. The van der Waals surface area contributed by atoms with E-state index in [1.807, 2.05) is 0 Å². The van der Waals surface area contributed by atoms with Gasteiger partial charge in [0.15, 0.2) is 0 Å². The number of aliphatic hydroxyl groups excluding tert-OH is 1. The van der Waals surface area contributed by atoms with E-state index < -0.39 is 0 Å². The SMILES string of the molecule is CC(Cc1ccc(Br)cc1)NC1CCCCC1CO. The molecule has 0 bridgehead atoms. The molecule has 1 saturated carbocycles. The summed E-state index contributed by atoms with van der Waals surface area (Å²) in [6.07, 6.45) is 5.97. The van der Waals surface area contributed by atoms with E-state index in [2.05, 4.69) is 52.4 Å². The molecule has 0 heterocycles. The molecular formula is C16H24BrNO. The van der Waals surface area contributed by atoms with E-state index in [0.29, 0.717) is 24.6 Å². The Morgan fingerprint density at radius 3 is 2.63 bits per heavy atom. The van der Waals surface area contributed by atoms with Gasteiger partial charge in [-0.25, -0.2) is 0 Å². The first-order chi connectivity index (χ1) is 9.19. The van der Waals surface area contributed by atoms with Crippen molar-refractivity contribution < 1.29 is 5.11 Å². The largest absolute Gasteiger partial charge is 0.396 e. The monoisotopic (exact) mass is 325 g/mol. The van der Waals surface area contributed by atoms with Gasteiger partial charge < -0.3 is 10.4 Å². The van der Waals surface area contributed by atoms with E-state index in [1.165, 1.54) is 31.2 Å². The molecule has 0 aliphatic heterocycles. The maximum Gasteiger partial charge on any atom is 0.0474 e. The van der Waals surface area contributed by atoms with Gasteiger partial charge in [-0.3, -0.25) is 0 Å². The first-order valence-corrected chi connectivity index (χ1v) is 8.09. The molecule has 0 radical (unpaired) electrons. The molecule has 1 aliphatic carbocycles. The summed E-state index contributed by atoms with van der Waals surface area (Å²) in [5.41, 5.74) is 1.36. The number of hydrogen-bond donors (Lipinski definition) is 2. The average Bonchev–Trinajstić information content (AvgIpc) is 2.42. The highest BCUT2D eigenvalue weighted by atomic mass is 79.9. The third kappa shape index (κ3) is 4.59. The van der Waals surface area contributed by atoms with Crippen molar-refractivity contribution in [2.75, 3.05) is 6.61 Å². The van der Waals surface area contributed by atoms with Crippen molar-refractivity contribution in [2.24, 2.45) is 5.92 Å². The topological polar surface area (TPSA) is 32.3 Å². The third-order valence-electron chi connectivity index (χ3n) is 4.10. The predicted molar refractivity (Wildman–Crippen MR) is 83.3 cm³/mol. The van der Waals surface area contributed by atoms with E-state index >= 15 is 0 Å². The lowest BCUT2D eigenvalue weighted by Gasteiger charge is -2.33. The van der Waals surface area contributed by atoms with Crippen molar-refractivity contribution in [1.29, 1.82) is 0 Å². The summed E-state index contributed by atoms with van der Waals surface area (Å²) in [6, 6.07) is 9.49. The highest BCUT2D eigenvalue weighted by Gasteiger charge is 2.25. The molecule has 1 aliphatic rings. The molecule has 0 amide bonds. The molecule has 1 aromatic rings. The number of rotatable bonds is 5. The standard InChI is InChI=1S/C16H24BrNO/c1-12(10-13-6-8-15(17)9-7-13)18-16-5-3-2-4-14(16)11-19/h6-9,12,14,16,18-19H,2-5,10-11H2,1H3.